The molecular formula is C29H30F4N2O2. The van der Waals surface area contributed by atoms with Crippen molar-refractivity contribution in [2.45, 2.75) is 31.6 Å². The summed E-state index contributed by atoms with van der Waals surface area (Å²) < 4.78 is 60.2. The first-order valence-electron chi connectivity index (χ1n) is 12.3. The molecule has 1 N–H and O–H groups in total. The largest absolute Gasteiger partial charge is 0.497 e. The van der Waals surface area contributed by atoms with Crippen molar-refractivity contribution in [3.8, 4) is 17.6 Å². The molecular weight excluding hydrogens is 484 g/mol. The molecule has 0 aliphatic carbocycles. The number of hydrogen-bond acceptors (Lipinski definition) is 4. The predicted octanol–water partition coefficient (Wildman–Crippen LogP) is 6.04. The second kappa shape index (κ2) is 11.9. The smallest absolute Gasteiger partial charge is 0.417 e. The van der Waals surface area contributed by atoms with Crippen LogP contribution < -0.4 is 4.74 Å². The van der Waals surface area contributed by atoms with Gasteiger partial charge in [-0.3, -0.25) is 9.88 Å². The summed E-state index contributed by atoms with van der Waals surface area (Å²) in [6, 6.07) is 12.4. The lowest BCUT2D eigenvalue weighted by atomic mass is 9.81. The monoisotopic (exact) mass is 514 g/mol. The van der Waals surface area contributed by atoms with Crippen LogP contribution in [0.1, 0.15) is 42.1 Å². The van der Waals surface area contributed by atoms with E-state index in [1.807, 2.05) is 11.0 Å². The van der Waals surface area contributed by atoms with Crippen LogP contribution in [-0.4, -0.2) is 48.3 Å². The molecule has 4 rings (SSSR count). The Morgan fingerprint density at radius 1 is 1.16 bits per heavy atom. The van der Waals surface area contributed by atoms with Crippen molar-refractivity contribution in [2.75, 3.05) is 33.4 Å². The molecule has 0 spiro atoms. The summed E-state index contributed by atoms with van der Waals surface area (Å²) in [6.45, 7) is 1.55. The zero-order valence-electron chi connectivity index (χ0n) is 20.6. The van der Waals surface area contributed by atoms with Crippen LogP contribution in [0.2, 0.25) is 0 Å². The maximum absolute atomic E-state index is 15.4. The van der Waals surface area contributed by atoms with Crippen molar-refractivity contribution in [3.63, 3.8) is 0 Å². The molecule has 1 fully saturated rings. The molecule has 0 bridgehead atoms. The SMILES string of the molecule is COc1ccc2nccc([C@H](F)CC[C@@H]3CCN(CC#Cc4ccccc4C(F)(F)F)C[C@@H]3CO)c2c1. The third-order valence-electron chi connectivity index (χ3n) is 7.08. The number of halogens is 4. The highest BCUT2D eigenvalue weighted by atomic mass is 19.4. The Bertz CT molecular complexity index is 1270. The summed E-state index contributed by atoms with van der Waals surface area (Å²) in [4.78, 5) is 6.35. The Morgan fingerprint density at radius 2 is 1.97 bits per heavy atom. The molecule has 0 unspecified atom stereocenters. The molecule has 1 saturated heterocycles. The number of aromatic nitrogens is 1. The summed E-state index contributed by atoms with van der Waals surface area (Å²) in [5.41, 5.74) is 0.507. The standard InChI is InChI=1S/C29H30F4N2O2/c1-37-23-9-11-28-25(17-23)24(12-14-34-28)27(30)10-8-20-13-16-35(18-22(20)19-36)15-4-6-21-5-2-3-7-26(21)29(31,32)33/h2-3,5,7,9,11-12,14,17,20,22,27,36H,8,10,13,15-16,18-19H2,1H3/t20-,22-,27-/m1/s1. The van der Waals surface area contributed by atoms with Gasteiger partial charge in [0, 0.05) is 30.3 Å². The topological polar surface area (TPSA) is 45.6 Å². The number of alkyl halides is 4. The second-order valence-corrected chi connectivity index (χ2v) is 9.40. The average Bonchev–Trinajstić information content (AvgIpc) is 2.91. The molecule has 0 amide bonds. The summed E-state index contributed by atoms with van der Waals surface area (Å²) >= 11 is 0. The summed E-state index contributed by atoms with van der Waals surface area (Å²) in [6.07, 6.45) is -2.29. The van der Waals surface area contributed by atoms with E-state index in [9.17, 15) is 18.3 Å². The Balaban J connectivity index is 1.35. The lowest BCUT2D eigenvalue weighted by Crippen LogP contribution is -2.42. The molecule has 8 heteroatoms. The number of fused-ring (bicyclic) bond motifs is 1. The Labute approximate surface area is 214 Å². The van der Waals surface area contributed by atoms with Gasteiger partial charge < -0.3 is 9.84 Å². The highest BCUT2D eigenvalue weighted by molar-refractivity contribution is 5.83. The van der Waals surface area contributed by atoms with Gasteiger partial charge in [-0.1, -0.05) is 24.0 Å². The number of pyridine rings is 1. The van der Waals surface area contributed by atoms with Crippen LogP contribution in [0.25, 0.3) is 10.9 Å². The van der Waals surface area contributed by atoms with Crippen LogP contribution in [0.5, 0.6) is 5.75 Å². The first kappa shape index (κ1) is 26.9. The first-order chi connectivity index (χ1) is 17.8. The number of likely N-dealkylation sites (tertiary alicyclic amines) is 1. The normalized spacial score (nSPS) is 19.3. The Hall–Kier alpha value is -3.15. The van der Waals surface area contributed by atoms with E-state index < -0.39 is 17.9 Å². The lowest BCUT2D eigenvalue weighted by molar-refractivity contribution is -0.137. The average molecular weight is 515 g/mol. The van der Waals surface area contributed by atoms with E-state index in [1.165, 1.54) is 18.2 Å². The van der Waals surface area contributed by atoms with Gasteiger partial charge in [-0.05, 0) is 79.6 Å². The number of benzene rings is 2. The van der Waals surface area contributed by atoms with Gasteiger partial charge in [0.15, 0.2) is 0 Å². The molecule has 37 heavy (non-hydrogen) atoms. The fraction of sp³-hybridized carbons (Fsp3) is 0.414. The maximum atomic E-state index is 15.4. The Morgan fingerprint density at radius 3 is 2.73 bits per heavy atom. The van der Waals surface area contributed by atoms with Crippen LogP contribution in [0.3, 0.4) is 0 Å². The highest BCUT2D eigenvalue weighted by Crippen LogP contribution is 2.35. The van der Waals surface area contributed by atoms with Gasteiger partial charge in [-0.25, -0.2) is 4.39 Å². The third-order valence-corrected chi connectivity index (χ3v) is 7.08. The molecule has 0 saturated carbocycles. The summed E-state index contributed by atoms with van der Waals surface area (Å²) in [7, 11) is 1.57. The number of rotatable bonds is 7. The number of methoxy groups -OCH3 is 1. The van der Waals surface area contributed by atoms with Gasteiger partial charge in [0.2, 0.25) is 0 Å². The summed E-state index contributed by atoms with van der Waals surface area (Å²) in [5.74, 6) is 6.27. The van der Waals surface area contributed by atoms with Crippen molar-refractivity contribution in [3.05, 3.63) is 71.4 Å². The summed E-state index contributed by atoms with van der Waals surface area (Å²) in [5, 5.41) is 10.7. The second-order valence-electron chi connectivity index (χ2n) is 9.40. The van der Waals surface area contributed by atoms with E-state index >= 15 is 4.39 Å². The number of nitrogens with zero attached hydrogens (tertiary/aromatic N) is 2. The first-order valence-corrected chi connectivity index (χ1v) is 12.3. The van der Waals surface area contributed by atoms with Crippen LogP contribution >= 0.6 is 0 Å². The van der Waals surface area contributed by atoms with E-state index in [2.05, 4.69) is 16.8 Å². The predicted molar refractivity (Wildman–Crippen MR) is 135 cm³/mol. The zero-order chi connectivity index (χ0) is 26.4. The third kappa shape index (κ3) is 6.60. The van der Waals surface area contributed by atoms with Crippen LogP contribution in [0.15, 0.2) is 54.7 Å². The van der Waals surface area contributed by atoms with Crippen molar-refractivity contribution >= 4 is 10.9 Å². The molecule has 2 aromatic carbocycles. The highest BCUT2D eigenvalue weighted by Gasteiger charge is 2.33. The number of ether oxygens (including phenoxy) is 1. The Kier molecular flexibility index (Phi) is 8.67. The van der Waals surface area contributed by atoms with Gasteiger partial charge in [0.05, 0.1) is 24.7 Å². The molecule has 1 aliphatic rings. The molecule has 0 radical (unpaired) electrons. The van der Waals surface area contributed by atoms with Gasteiger partial charge >= 0.3 is 6.18 Å². The van der Waals surface area contributed by atoms with E-state index in [0.29, 0.717) is 49.3 Å². The van der Waals surface area contributed by atoms with Crippen LogP contribution in [-0.2, 0) is 6.18 Å². The number of aliphatic hydroxyl groups is 1. The van der Waals surface area contributed by atoms with Crippen LogP contribution in [0, 0.1) is 23.7 Å². The minimum absolute atomic E-state index is 0.0299. The van der Waals surface area contributed by atoms with E-state index in [0.717, 1.165) is 17.9 Å². The van der Waals surface area contributed by atoms with Gasteiger partial charge in [0.25, 0.3) is 0 Å². The fourth-order valence-corrected chi connectivity index (χ4v) is 5.04. The lowest BCUT2D eigenvalue weighted by Gasteiger charge is -2.37. The van der Waals surface area contributed by atoms with Crippen molar-refractivity contribution in [1.29, 1.82) is 0 Å². The number of aliphatic hydroxyl groups excluding tert-OH is 1. The maximum Gasteiger partial charge on any atom is 0.417 e. The molecule has 1 aliphatic heterocycles. The van der Waals surface area contributed by atoms with Crippen molar-refractivity contribution in [1.82, 2.24) is 9.88 Å². The minimum atomic E-state index is -4.45. The van der Waals surface area contributed by atoms with E-state index in [-0.39, 0.29) is 24.0 Å². The fourth-order valence-electron chi connectivity index (χ4n) is 5.04. The van der Waals surface area contributed by atoms with Crippen molar-refractivity contribution in [2.24, 2.45) is 11.8 Å². The number of piperidine rings is 1. The minimum Gasteiger partial charge on any atom is -0.497 e. The number of hydrogen-bond donors (Lipinski definition) is 1. The molecule has 3 aromatic rings. The molecule has 4 nitrogen and oxygen atoms in total. The molecule has 2 heterocycles. The quantitative estimate of drug-likeness (QED) is 0.309. The molecule has 196 valence electrons. The van der Waals surface area contributed by atoms with Gasteiger partial charge in [0.1, 0.15) is 11.9 Å². The van der Waals surface area contributed by atoms with E-state index in [4.69, 9.17) is 4.74 Å². The zero-order valence-corrected chi connectivity index (χ0v) is 20.6. The van der Waals surface area contributed by atoms with Gasteiger partial charge in [-0.2, -0.15) is 13.2 Å². The van der Waals surface area contributed by atoms with Gasteiger partial charge in [-0.15, -0.1) is 0 Å². The van der Waals surface area contributed by atoms with E-state index in [1.54, 1.807) is 31.5 Å². The van der Waals surface area contributed by atoms with Crippen LogP contribution in [0.4, 0.5) is 17.6 Å². The van der Waals surface area contributed by atoms with Crippen molar-refractivity contribution < 1.29 is 27.4 Å². The molecule has 1 aromatic heterocycles. The molecule has 3 atom stereocenters.